The minimum Gasteiger partial charge on any atom is -0.461 e. The minimum atomic E-state index is -0.823. The van der Waals surface area contributed by atoms with Crippen LogP contribution in [0.15, 0.2) is 24.3 Å². The zero-order chi connectivity index (χ0) is 32.5. The Morgan fingerprint density at radius 3 is 2.81 bits per heavy atom. The quantitative estimate of drug-likeness (QED) is 0.392. The number of ether oxygens (including phenoxy) is 1. The summed E-state index contributed by atoms with van der Waals surface area (Å²) in [4.78, 5) is 31.7. The van der Waals surface area contributed by atoms with Gasteiger partial charge in [-0.25, -0.2) is 4.39 Å². The molecule has 1 aromatic carbocycles. The van der Waals surface area contributed by atoms with Gasteiger partial charge in [-0.3, -0.25) is 19.3 Å². The Hall–Kier alpha value is -3.28. The zero-order valence-corrected chi connectivity index (χ0v) is 28.4. The number of aryl methyl sites for hydroxylation is 2. The van der Waals surface area contributed by atoms with Crippen molar-refractivity contribution in [2.45, 2.75) is 88.3 Å². The summed E-state index contributed by atoms with van der Waals surface area (Å²) < 4.78 is 23.0. The molecule has 1 aliphatic carbocycles. The van der Waals surface area contributed by atoms with Crippen molar-refractivity contribution in [2.75, 3.05) is 52.3 Å². The number of halogens is 2. The molecule has 250 valence electrons. The van der Waals surface area contributed by atoms with Gasteiger partial charge in [0.2, 0.25) is 0 Å². The van der Waals surface area contributed by atoms with Crippen LogP contribution in [-0.2, 0) is 38.0 Å². The largest absolute Gasteiger partial charge is 0.461 e. The van der Waals surface area contributed by atoms with Crippen LogP contribution in [0.25, 0.3) is 0 Å². The Labute approximate surface area is 280 Å². The summed E-state index contributed by atoms with van der Waals surface area (Å²) in [5.41, 5.74) is 5.58. The van der Waals surface area contributed by atoms with Gasteiger partial charge >= 0.3 is 6.01 Å². The van der Waals surface area contributed by atoms with Crippen LogP contribution < -0.4 is 9.64 Å². The summed E-state index contributed by atoms with van der Waals surface area (Å²) in [7, 11) is 5.65. The minimum absolute atomic E-state index is 0.152. The first kappa shape index (κ1) is 31.0. The Kier molecular flexibility index (Phi) is 7.72. The fourth-order valence-corrected chi connectivity index (χ4v) is 9.34. The van der Waals surface area contributed by atoms with Crippen molar-refractivity contribution in [1.82, 2.24) is 34.4 Å². The number of nitrogens with zero attached hydrogens (tertiary/aromatic N) is 8. The number of hydrogen-bond acceptors (Lipinski definition) is 8. The number of rotatable bonds is 5. The molecule has 5 aliphatic rings. The van der Waals surface area contributed by atoms with Gasteiger partial charge in [-0.2, -0.15) is 15.1 Å². The molecular weight excluding hydrogens is 619 g/mol. The molecule has 0 bridgehead atoms. The Morgan fingerprint density at radius 2 is 1.96 bits per heavy atom. The normalized spacial score (nSPS) is 27.3. The second-order valence-corrected chi connectivity index (χ2v) is 14.9. The van der Waals surface area contributed by atoms with Gasteiger partial charge in [0.1, 0.15) is 18.6 Å². The Morgan fingerprint density at radius 1 is 1.11 bits per heavy atom. The summed E-state index contributed by atoms with van der Waals surface area (Å²) in [6, 6.07) is 9.22. The van der Waals surface area contributed by atoms with E-state index in [1.54, 1.807) is 14.1 Å². The number of carbonyl (C=O) groups excluding carboxylic acids is 1. The lowest BCUT2D eigenvalue weighted by Crippen LogP contribution is -2.51. The maximum Gasteiger partial charge on any atom is 0.318 e. The van der Waals surface area contributed by atoms with Crippen LogP contribution in [0.2, 0.25) is 5.02 Å². The van der Waals surface area contributed by atoms with Crippen molar-refractivity contribution < 1.29 is 13.9 Å². The predicted molar refractivity (Wildman–Crippen MR) is 178 cm³/mol. The van der Waals surface area contributed by atoms with Gasteiger partial charge in [0.25, 0.3) is 5.91 Å². The number of carbonyl (C=O) groups is 1. The van der Waals surface area contributed by atoms with Gasteiger partial charge in [0.15, 0.2) is 5.69 Å². The van der Waals surface area contributed by atoms with E-state index in [-0.39, 0.29) is 22.7 Å². The molecule has 0 N–H and O–H groups in total. The fourth-order valence-electron chi connectivity index (χ4n) is 9.07. The number of likely N-dealkylation sites (N-methyl/N-ethyl adjacent to an activating group) is 1. The van der Waals surface area contributed by atoms with Crippen LogP contribution in [0, 0.1) is 0 Å². The number of amides is 1. The molecule has 10 nitrogen and oxygen atoms in total. The lowest BCUT2D eigenvalue weighted by molar-refractivity contribution is 0.0714. The molecular formula is C35H44ClFN8O2. The average molecular weight is 663 g/mol. The van der Waals surface area contributed by atoms with E-state index in [2.05, 4.69) is 51.1 Å². The molecule has 0 saturated carbocycles. The van der Waals surface area contributed by atoms with E-state index in [1.165, 1.54) is 16.0 Å². The third kappa shape index (κ3) is 5.11. The number of hydrogen-bond donors (Lipinski definition) is 0. The molecule has 2 aromatic heterocycles. The summed E-state index contributed by atoms with van der Waals surface area (Å²) in [5, 5.41) is 5.03. The maximum absolute atomic E-state index is 14.6. The second kappa shape index (κ2) is 11.7. The lowest BCUT2D eigenvalue weighted by Gasteiger charge is -2.49. The lowest BCUT2D eigenvalue weighted by atomic mass is 9.71. The van der Waals surface area contributed by atoms with Crippen LogP contribution in [0.5, 0.6) is 6.01 Å². The third-order valence-corrected chi connectivity index (χ3v) is 11.9. The Bertz CT molecular complexity index is 1710. The van der Waals surface area contributed by atoms with Gasteiger partial charge < -0.3 is 14.5 Å². The molecule has 0 radical (unpaired) electrons. The molecule has 3 aromatic rings. The number of benzene rings is 1. The number of aromatic nitrogens is 4. The maximum atomic E-state index is 14.6. The monoisotopic (exact) mass is 662 g/mol. The molecule has 4 aliphatic heterocycles. The van der Waals surface area contributed by atoms with E-state index in [0.29, 0.717) is 50.2 Å². The van der Waals surface area contributed by atoms with Gasteiger partial charge in [-0.1, -0.05) is 35.9 Å². The van der Waals surface area contributed by atoms with E-state index in [9.17, 15) is 9.18 Å². The first-order chi connectivity index (χ1) is 22.7. The van der Waals surface area contributed by atoms with E-state index in [0.717, 1.165) is 80.8 Å². The van der Waals surface area contributed by atoms with Gasteiger partial charge in [-0.05, 0) is 63.2 Å². The molecule has 1 amide bonds. The molecule has 12 heteroatoms. The van der Waals surface area contributed by atoms with Crippen molar-refractivity contribution in [1.29, 1.82) is 0 Å². The summed E-state index contributed by atoms with van der Waals surface area (Å²) >= 11 is 6.88. The zero-order valence-electron chi connectivity index (χ0n) is 27.6. The first-order valence-electron chi connectivity index (χ1n) is 17.1. The van der Waals surface area contributed by atoms with Crippen LogP contribution in [0.4, 0.5) is 10.2 Å². The number of alkyl halides is 1. The van der Waals surface area contributed by atoms with Crippen molar-refractivity contribution in [3.8, 4) is 6.01 Å². The molecule has 6 heterocycles. The van der Waals surface area contributed by atoms with Gasteiger partial charge in [-0.15, -0.1) is 0 Å². The SMILES string of the molecule is CN(C)C(=O)c1nn2c(c1Cl)CN(c1nc(OC[C@@]34CCCN3C[C@H](F)C4)nc3c1CN(C)[C@@]1(CCCc4ccccc41)C3)CCC2. The van der Waals surface area contributed by atoms with E-state index in [1.807, 2.05) is 4.68 Å². The van der Waals surface area contributed by atoms with Gasteiger partial charge in [0, 0.05) is 58.7 Å². The topological polar surface area (TPSA) is 82.9 Å². The predicted octanol–water partition coefficient (Wildman–Crippen LogP) is 4.61. The first-order valence-corrected chi connectivity index (χ1v) is 17.5. The summed E-state index contributed by atoms with van der Waals surface area (Å²) in [5.74, 6) is 0.636. The molecule has 47 heavy (non-hydrogen) atoms. The molecule has 2 saturated heterocycles. The highest BCUT2D eigenvalue weighted by Crippen LogP contribution is 2.47. The third-order valence-electron chi connectivity index (χ3n) is 11.5. The second-order valence-electron chi connectivity index (χ2n) is 14.5. The molecule has 8 rings (SSSR count). The van der Waals surface area contributed by atoms with Crippen molar-refractivity contribution >= 4 is 23.3 Å². The number of anilines is 1. The van der Waals surface area contributed by atoms with Crippen molar-refractivity contribution in [2.24, 2.45) is 0 Å². The van der Waals surface area contributed by atoms with Crippen LogP contribution >= 0.6 is 11.6 Å². The van der Waals surface area contributed by atoms with Crippen LogP contribution in [-0.4, -0.2) is 99.5 Å². The highest BCUT2D eigenvalue weighted by atomic mass is 35.5. The fraction of sp³-hybridized carbons (Fsp3) is 0.600. The van der Waals surface area contributed by atoms with Crippen LogP contribution in [0.1, 0.15) is 77.1 Å². The molecule has 0 unspecified atom stereocenters. The van der Waals surface area contributed by atoms with Crippen LogP contribution in [0.3, 0.4) is 0 Å². The van der Waals surface area contributed by atoms with E-state index >= 15 is 0 Å². The summed E-state index contributed by atoms with van der Waals surface area (Å²) in [6.45, 7) is 4.35. The van der Waals surface area contributed by atoms with E-state index in [4.69, 9.17) is 26.3 Å². The highest BCUT2D eigenvalue weighted by molar-refractivity contribution is 6.34. The van der Waals surface area contributed by atoms with Gasteiger partial charge in [0.05, 0.1) is 34.0 Å². The number of fused-ring (bicyclic) bond motifs is 5. The average Bonchev–Trinajstić information content (AvgIpc) is 3.62. The molecule has 2 fully saturated rings. The smallest absolute Gasteiger partial charge is 0.318 e. The highest BCUT2D eigenvalue weighted by Gasteiger charge is 2.50. The Balaban J connectivity index is 1.19. The van der Waals surface area contributed by atoms with Crippen molar-refractivity contribution in [3.63, 3.8) is 0 Å². The molecule has 1 spiro atoms. The standard InChI is InChI=1S/C35H44ClFN8O2/c1-41(2)32(46)30-29(36)28-21-43(14-8-16-45(28)40-30)31-25-20-42(3)35(13-6-10-23-9-4-5-11-26(23)35)18-27(25)38-33(39-31)47-22-34-12-7-15-44(34)19-24(37)17-34/h4-5,9,11,24H,6-8,10,12-22H2,1-3H3/t24-,34+,35+/m1/s1. The van der Waals surface area contributed by atoms with E-state index < -0.39 is 6.17 Å². The molecule has 3 atom stereocenters. The van der Waals surface area contributed by atoms with Crippen molar-refractivity contribution in [3.05, 3.63) is 63.1 Å². The summed E-state index contributed by atoms with van der Waals surface area (Å²) in [6.07, 6.45) is 6.53.